The number of hydrogen-bond donors (Lipinski definition) is 2. The molecule has 2 rings (SSSR count). The zero-order valence-electron chi connectivity index (χ0n) is 15.3. The predicted octanol–water partition coefficient (Wildman–Crippen LogP) is 5.85. The third-order valence-electron chi connectivity index (χ3n) is 3.37. The minimum absolute atomic E-state index is 0.0658. The lowest BCUT2D eigenvalue weighted by atomic mass is 10.2. The molecule has 4 nitrogen and oxygen atoms in total. The van der Waals surface area contributed by atoms with E-state index in [9.17, 15) is 35.1 Å². The van der Waals surface area contributed by atoms with Gasteiger partial charge >= 0.3 is 18.5 Å². The maximum absolute atomic E-state index is 13.2. The van der Waals surface area contributed by atoms with Crippen LogP contribution in [0.1, 0.15) is 0 Å². The van der Waals surface area contributed by atoms with Crippen LogP contribution in [0.4, 0.5) is 46.5 Å². The fraction of sp³-hybridized carbons (Fsp3) is 0.278. The summed E-state index contributed by atoms with van der Waals surface area (Å²) in [6, 6.07) is 8.05. The third-order valence-corrected chi connectivity index (χ3v) is 3.58. The summed E-state index contributed by atoms with van der Waals surface area (Å²) in [5.41, 5.74) is 0.180. The molecule has 0 bridgehead atoms. The van der Waals surface area contributed by atoms with E-state index in [0.29, 0.717) is 0 Å². The predicted molar refractivity (Wildman–Crippen MR) is 101 cm³/mol. The van der Waals surface area contributed by atoms with Crippen LogP contribution in [0.2, 0.25) is 0 Å². The van der Waals surface area contributed by atoms with Gasteiger partial charge in [-0.25, -0.2) is 13.2 Å². The Labute approximate surface area is 176 Å². The van der Waals surface area contributed by atoms with Crippen molar-refractivity contribution in [3.63, 3.8) is 0 Å². The Balaban J connectivity index is 2.18. The number of alkyl halides is 7. The summed E-state index contributed by atoms with van der Waals surface area (Å²) in [5, 5.41) is 4.99. The molecule has 0 spiro atoms. The second-order valence-electron chi connectivity index (χ2n) is 6.04. The largest absolute Gasteiger partial charge is 0.487 e. The van der Waals surface area contributed by atoms with Crippen LogP contribution in [0.15, 0.2) is 42.5 Å². The van der Waals surface area contributed by atoms with Crippen molar-refractivity contribution < 1.29 is 44.6 Å². The molecular weight excluding hydrogens is 460 g/mol. The molecule has 0 aliphatic rings. The molecule has 0 aliphatic heterocycles. The average molecular weight is 474 g/mol. The summed E-state index contributed by atoms with van der Waals surface area (Å²) >= 11 is 5.00. The monoisotopic (exact) mass is 474 g/mol. The van der Waals surface area contributed by atoms with Crippen LogP contribution < -0.4 is 20.1 Å². The minimum atomic E-state index is -4.69. The number of halogens is 8. The summed E-state index contributed by atoms with van der Waals surface area (Å²) in [6.07, 6.45) is -8.70. The van der Waals surface area contributed by atoms with Crippen molar-refractivity contribution in [1.82, 2.24) is 0 Å². The third kappa shape index (κ3) is 8.44. The molecule has 0 aromatic heterocycles. The van der Waals surface area contributed by atoms with E-state index >= 15 is 0 Å². The molecule has 0 amide bonds. The molecule has 0 unspecified atom stereocenters. The van der Waals surface area contributed by atoms with E-state index in [4.69, 9.17) is 12.2 Å². The molecule has 2 aromatic rings. The second-order valence-corrected chi connectivity index (χ2v) is 6.45. The molecule has 0 heterocycles. The van der Waals surface area contributed by atoms with Gasteiger partial charge in [-0.1, -0.05) is 6.07 Å². The number of benzene rings is 2. The van der Waals surface area contributed by atoms with E-state index < -0.39 is 49.1 Å². The van der Waals surface area contributed by atoms with Gasteiger partial charge in [-0.05, 0) is 30.4 Å². The molecule has 0 fully saturated rings. The lowest BCUT2D eigenvalue weighted by Gasteiger charge is -2.18. The number of nitrogens with one attached hydrogen (secondary N) is 2. The van der Waals surface area contributed by atoms with Crippen LogP contribution in [-0.4, -0.2) is 36.9 Å². The second kappa shape index (κ2) is 9.98. The highest BCUT2D eigenvalue weighted by molar-refractivity contribution is 7.80. The number of thiocarbonyl (C=S) groups is 1. The first-order valence-electron chi connectivity index (χ1n) is 8.31. The van der Waals surface area contributed by atoms with E-state index in [-0.39, 0.29) is 16.5 Å². The Kier molecular flexibility index (Phi) is 7.87. The summed E-state index contributed by atoms with van der Waals surface area (Å²) in [5.74, 6) is -5.97. The number of rotatable bonds is 8. The lowest BCUT2D eigenvalue weighted by molar-refractivity contribution is -0.153. The average Bonchev–Trinajstić information content (AvgIpc) is 2.64. The minimum Gasteiger partial charge on any atom is -0.487 e. The van der Waals surface area contributed by atoms with Gasteiger partial charge in [0.2, 0.25) is 0 Å². The molecule has 2 N–H and O–H groups in total. The van der Waals surface area contributed by atoms with Crippen molar-refractivity contribution in [1.29, 1.82) is 0 Å². The highest BCUT2D eigenvalue weighted by atomic mass is 32.1. The van der Waals surface area contributed by atoms with Crippen LogP contribution in [-0.2, 0) is 0 Å². The zero-order valence-corrected chi connectivity index (χ0v) is 16.1. The topological polar surface area (TPSA) is 42.5 Å². The van der Waals surface area contributed by atoms with E-state index in [1.165, 1.54) is 18.2 Å². The standard InChI is InChI=1S/C18H14F8N2O2S/c19-10-2-1-3-11(4-10)27-16(31)28-12-5-13(29-8-17(22,23)15(20)21)7-14(6-12)30-9-18(24,25)26/h1-7,15H,8-9H2,(H2,27,28,31). The Morgan fingerprint density at radius 3 is 2.00 bits per heavy atom. The molecule has 0 saturated heterocycles. The van der Waals surface area contributed by atoms with Gasteiger partial charge in [0.15, 0.2) is 18.3 Å². The maximum Gasteiger partial charge on any atom is 0.422 e. The van der Waals surface area contributed by atoms with Gasteiger partial charge in [0, 0.05) is 29.6 Å². The van der Waals surface area contributed by atoms with Crippen LogP contribution in [0, 0.1) is 5.82 Å². The van der Waals surface area contributed by atoms with E-state index in [1.54, 1.807) is 0 Å². The molecule has 0 radical (unpaired) electrons. The fourth-order valence-corrected chi connectivity index (χ4v) is 2.31. The van der Waals surface area contributed by atoms with Crippen LogP contribution in [0.25, 0.3) is 0 Å². The summed E-state index contributed by atoms with van der Waals surface area (Å²) in [4.78, 5) is 0. The zero-order chi connectivity index (χ0) is 23.2. The van der Waals surface area contributed by atoms with Crippen LogP contribution in [0.5, 0.6) is 11.5 Å². The summed E-state index contributed by atoms with van der Waals surface area (Å²) in [6.45, 7) is -3.42. The molecule has 2 aromatic carbocycles. The van der Waals surface area contributed by atoms with Crippen molar-refractivity contribution in [3.8, 4) is 11.5 Å². The molecule has 0 saturated carbocycles. The normalized spacial score (nSPS) is 11.9. The van der Waals surface area contributed by atoms with Gasteiger partial charge in [-0.2, -0.15) is 22.0 Å². The molecule has 13 heteroatoms. The number of ether oxygens (including phenoxy) is 2. The number of hydrogen-bond acceptors (Lipinski definition) is 3. The van der Waals surface area contributed by atoms with E-state index in [2.05, 4.69) is 20.1 Å². The van der Waals surface area contributed by atoms with Crippen molar-refractivity contribution in [2.75, 3.05) is 23.8 Å². The number of anilines is 2. The Bertz CT molecular complexity index is 908. The molecule has 170 valence electrons. The maximum atomic E-state index is 13.2. The van der Waals surface area contributed by atoms with Crippen molar-refractivity contribution in [3.05, 3.63) is 48.3 Å². The van der Waals surface area contributed by atoms with Gasteiger partial charge in [0.25, 0.3) is 0 Å². The quantitative estimate of drug-likeness (QED) is 0.371. The smallest absolute Gasteiger partial charge is 0.422 e. The first-order valence-corrected chi connectivity index (χ1v) is 8.72. The molecule has 0 atom stereocenters. The highest BCUT2D eigenvalue weighted by Gasteiger charge is 2.41. The lowest BCUT2D eigenvalue weighted by Crippen LogP contribution is -2.33. The summed E-state index contributed by atoms with van der Waals surface area (Å²) < 4.78 is 110. The first-order chi connectivity index (χ1) is 14.3. The van der Waals surface area contributed by atoms with Gasteiger partial charge in [0.1, 0.15) is 17.3 Å². The molecule has 0 aliphatic carbocycles. The van der Waals surface area contributed by atoms with Crippen molar-refractivity contribution >= 4 is 28.7 Å². The SMILES string of the molecule is Fc1cccc(NC(=S)Nc2cc(OCC(F)(F)F)cc(OCC(F)(F)C(F)F)c2)c1. The Morgan fingerprint density at radius 1 is 0.871 bits per heavy atom. The van der Waals surface area contributed by atoms with Gasteiger partial charge in [-0.15, -0.1) is 0 Å². The Morgan fingerprint density at radius 2 is 1.45 bits per heavy atom. The van der Waals surface area contributed by atoms with Gasteiger partial charge in [0.05, 0.1) is 0 Å². The van der Waals surface area contributed by atoms with Gasteiger partial charge < -0.3 is 20.1 Å². The van der Waals surface area contributed by atoms with E-state index in [1.807, 2.05) is 0 Å². The fourth-order valence-electron chi connectivity index (χ4n) is 2.08. The molecular formula is C18H14F8N2O2S. The summed E-state index contributed by atoms with van der Waals surface area (Å²) in [7, 11) is 0. The first kappa shape index (κ1) is 24.4. The Hall–Kier alpha value is -2.83. The van der Waals surface area contributed by atoms with E-state index in [0.717, 1.165) is 24.3 Å². The molecule has 31 heavy (non-hydrogen) atoms. The van der Waals surface area contributed by atoms with Crippen LogP contribution in [0.3, 0.4) is 0 Å². The van der Waals surface area contributed by atoms with Crippen molar-refractivity contribution in [2.45, 2.75) is 18.5 Å². The van der Waals surface area contributed by atoms with Gasteiger partial charge in [-0.3, -0.25) is 0 Å². The highest BCUT2D eigenvalue weighted by Crippen LogP contribution is 2.30. The van der Waals surface area contributed by atoms with Crippen LogP contribution >= 0.6 is 12.2 Å². The van der Waals surface area contributed by atoms with Crippen molar-refractivity contribution in [2.24, 2.45) is 0 Å².